The van der Waals surface area contributed by atoms with Gasteiger partial charge >= 0.3 is 0 Å². The molecule has 0 aliphatic rings. The van der Waals surface area contributed by atoms with Crippen LogP contribution in [0.3, 0.4) is 0 Å². The van der Waals surface area contributed by atoms with E-state index in [4.69, 9.17) is 21.9 Å². The van der Waals surface area contributed by atoms with Gasteiger partial charge in [0, 0.05) is 0 Å². The van der Waals surface area contributed by atoms with Crippen molar-refractivity contribution >= 4 is 17.6 Å². The Bertz CT molecular complexity index is 719. The van der Waals surface area contributed by atoms with E-state index in [0.717, 1.165) is 16.7 Å². The first-order valence-electron chi connectivity index (χ1n) is 6.69. The molecule has 0 heterocycles. The highest BCUT2D eigenvalue weighted by Crippen LogP contribution is 2.35. The van der Waals surface area contributed by atoms with E-state index in [1.54, 1.807) is 7.11 Å². The van der Waals surface area contributed by atoms with E-state index < -0.39 is 0 Å². The number of nitrogens with two attached hydrogens (primary N) is 3. The molecule has 0 aliphatic carbocycles. The molecule has 2 aromatic carbocycles. The van der Waals surface area contributed by atoms with Crippen LogP contribution in [-0.2, 0) is 0 Å². The number of aryl methyl sites for hydroxylation is 1. The summed E-state index contributed by atoms with van der Waals surface area (Å²) < 4.78 is 5.39. The summed E-state index contributed by atoms with van der Waals surface area (Å²) in [4.78, 5) is 7.89. The smallest absolute Gasteiger partial charge is 0.223 e. The highest BCUT2D eigenvalue weighted by Gasteiger charge is 2.09. The maximum atomic E-state index is 5.68. The molecule has 0 saturated heterocycles. The Morgan fingerprint density at radius 3 is 2.32 bits per heavy atom. The van der Waals surface area contributed by atoms with E-state index in [9.17, 15) is 0 Å². The first-order valence-corrected chi connectivity index (χ1v) is 6.69. The van der Waals surface area contributed by atoms with Crippen LogP contribution in [0.2, 0.25) is 0 Å². The van der Waals surface area contributed by atoms with Crippen molar-refractivity contribution < 1.29 is 4.74 Å². The molecule has 0 aliphatic heterocycles. The summed E-state index contributed by atoms with van der Waals surface area (Å²) in [5, 5.41) is 0. The van der Waals surface area contributed by atoms with Crippen LogP contribution in [0.1, 0.15) is 5.56 Å². The second kappa shape index (κ2) is 6.62. The maximum Gasteiger partial charge on any atom is 0.223 e. The predicted octanol–water partition coefficient (Wildman–Crippen LogP) is 1.89. The number of hydrogen-bond acceptors (Lipinski definition) is 2. The number of hydrogen-bond donors (Lipinski definition) is 3. The maximum absolute atomic E-state index is 5.68. The van der Waals surface area contributed by atoms with E-state index in [-0.39, 0.29) is 11.9 Å². The molecule has 0 unspecified atom stereocenters. The van der Waals surface area contributed by atoms with Gasteiger partial charge in [0.05, 0.1) is 7.11 Å². The van der Waals surface area contributed by atoms with Crippen molar-refractivity contribution in [2.45, 2.75) is 6.92 Å². The van der Waals surface area contributed by atoms with Crippen LogP contribution in [0.25, 0.3) is 11.1 Å². The Balaban J connectivity index is 2.51. The minimum Gasteiger partial charge on any atom is -0.494 e. The van der Waals surface area contributed by atoms with Gasteiger partial charge in [-0.3, -0.25) is 0 Å². The molecule has 6 nitrogen and oxygen atoms in total. The molecule has 0 radical (unpaired) electrons. The topological polar surface area (TPSA) is 112 Å². The monoisotopic (exact) mass is 297 g/mol. The third-order valence-corrected chi connectivity index (χ3v) is 3.09. The van der Waals surface area contributed by atoms with Gasteiger partial charge in [0.15, 0.2) is 5.96 Å². The summed E-state index contributed by atoms with van der Waals surface area (Å²) in [5.41, 5.74) is 20.0. The standard InChI is InChI=1S/C16H19N5O/c1-10-8-13(20-16(19)21-15(17)18)14(22-2)9-12(10)11-6-4-3-5-7-11/h3-9H,1-2H3,(H6,17,18,19,20,21). The van der Waals surface area contributed by atoms with Gasteiger partial charge in [0.2, 0.25) is 5.96 Å². The molecule has 0 aromatic heterocycles. The fraction of sp³-hybridized carbons (Fsp3) is 0.125. The molecule has 0 bridgehead atoms. The summed E-state index contributed by atoms with van der Waals surface area (Å²) in [6.45, 7) is 2.00. The van der Waals surface area contributed by atoms with Crippen molar-refractivity contribution in [3.63, 3.8) is 0 Å². The van der Waals surface area contributed by atoms with Crippen LogP contribution in [0.4, 0.5) is 5.69 Å². The third kappa shape index (κ3) is 3.54. The third-order valence-electron chi connectivity index (χ3n) is 3.09. The molecule has 0 amide bonds. The lowest BCUT2D eigenvalue weighted by molar-refractivity contribution is 0.416. The van der Waals surface area contributed by atoms with Crippen molar-refractivity contribution in [1.29, 1.82) is 0 Å². The second-order valence-corrected chi connectivity index (χ2v) is 4.71. The number of nitrogens with zero attached hydrogens (tertiary/aromatic N) is 2. The van der Waals surface area contributed by atoms with Gasteiger partial charge in [-0.15, -0.1) is 0 Å². The van der Waals surface area contributed by atoms with Gasteiger partial charge in [0.25, 0.3) is 0 Å². The zero-order chi connectivity index (χ0) is 16.1. The number of ether oxygens (including phenoxy) is 1. The molecule has 0 spiro atoms. The Labute approximate surface area is 129 Å². The number of aliphatic imine (C=N–C) groups is 2. The highest BCUT2D eigenvalue weighted by molar-refractivity contribution is 5.94. The largest absolute Gasteiger partial charge is 0.494 e. The number of benzene rings is 2. The van der Waals surface area contributed by atoms with Gasteiger partial charge in [0.1, 0.15) is 11.4 Å². The van der Waals surface area contributed by atoms with Crippen LogP contribution in [0.15, 0.2) is 52.4 Å². The predicted molar refractivity (Wildman–Crippen MR) is 90.3 cm³/mol. The lowest BCUT2D eigenvalue weighted by Gasteiger charge is -2.11. The van der Waals surface area contributed by atoms with Crippen LogP contribution < -0.4 is 21.9 Å². The summed E-state index contributed by atoms with van der Waals surface area (Å²) in [6, 6.07) is 13.8. The average Bonchev–Trinajstić information content (AvgIpc) is 2.47. The minimum atomic E-state index is -0.141. The molecule has 0 saturated carbocycles. The zero-order valence-corrected chi connectivity index (χ0v) is 12.6. The van der Waals surface area contributed by atoms with Gasteiger partial charge in [-0.25, -0.2) is 4.99 Å². The van der Waals surface area contributed by atoms with Crippen LogP contribution in [-0.4, -0.2) is 19.0 Å². The fourth-order valence-corrected chi connectivity index (χ4v) is 2.13. The van der Waals surface area contributed by atoms with E-state index in [1.807, 2.05) is 49.4 Å². The van der Waals surface area contributed by atoms with Crippen molar-refractivity contribution in [2.75, 3.05) is 7.11 Å². The Hall–Kier alpha value is -3.02. The lowest BCUT2D eigenvalue weighted by atomic mass is 9.99. The Morgan fingerprint density at radius 2 is 1.73 bits per heavy atom. The quantitative estimate of drug-likeness (QED) is 0.593. The van der Waals surface area contributed by atoms with Crippen LogP contribution in [0, 0.1) is 6.92 Å². The molecule has 2 aromatic rings. The molecule has 0 fully saturated rings. The van der Waals surface area contributed by atoms with Crippen molar-refractivity contribution in [3.05, 3.63) is 48.0 Å². The summed E-state index contributed by atoms with van der Waals surface area (Å²) >= 11 is 0. The molecular formula is C16H19N5O. The number of methoxy groups -OCH3 is 1. The van der Waals surface area contributed by atoms with Gasteiger partial charge in [-0.1, -0.05) is 30.3 Å². The van der Waals surface area contributed by atoms with Gasteiger partial charge in [-0.05, 0) is 35.7 Å². The zero-order valence-electron chi connectivity index (χ0n) is 12.6. The van der Waals surface area contributed by atoms with Crippen molar-refractivity contribution in [3.8, 4) is 16.9 Å². The van der Waals surface area contributed by atoms with Crippen molar-refractivity contribution in [2.24, 2.45) is 27.2 Å². The number of rotatable bonds is 3. The van der Waals surface area contributed by atoms with E-state index >= 15 is 0 Å². The van der Waals surface area contributed by atoms with E-state index in [2.05, 4.69) is 9.98 Å². The van der Waals surface area contributed by atoms with Crippen molar-refractivity contribution in [1.82, 2.24) is 0 Å². The lowest BCUT2D eigenvalue weighted by Crippen LogP contribution is -2.26. The highest BCUT2D eigenvalue weighted by atomic mass is 16.5. The summed E-state index contributed by atoms with van der Waals surface area (Å²) in [7, 11) is 1.58. The molecule has 2 rings (SSSR count). The van der Waals surface area contributed by atoms with Gasteiger partial charge < -0.3 is 21.9 Å². The average molecular weight is 297 g/mol. The first kappa shape index (κ1) is 15.4. The Morgan fingerprint density at radius 1 is 1.05 bits per heavy atom. The molecule has 0 atom stereocenters. The minimum absolute atomic E-state index is 0.0230. The molecule has 22 heavy (non-hydrogen) atoms. The molecule has 114 valence electrons. The molecule has 6 heteroatoms. The SMILES string of the molecule is COc1cc(-c2ccccc2)c(C)cc1N=C(N)N=C(N)N. The Kier molecular flexibility index (Phi) is 4.63. The molecular weight excluding hydrogens is 278 g/mol. The summed E-state index contributed by atoms with van der Waals surface area (Å²) in [6.07, 6.45) is 0. The summed E-state index contributed by atoms with van der Waals surface area (Å²) in [5.74, 6) is 0.432. The molecule has 6 N–H and O–H groups in total. The fourth-order valence-electron chi connectivity index (χ4n) is 2.13. The van der Waals surface area contributed by atoms with Gasteiger partial charge in [-0.2, -0.15) is 4.99 Å². The van der Waals surface area contributed by atoms with Crippen LogP contribution in [0.5, 0.6) is 5.75 Å². The second-order valence-electron chi connectivity index (χ2n) is 4.71. The van der Waals surface area contributed by atoms with E-state index in [0.29, 0.717) is 11.4 Å². The van der Waals surface area contributed by atoms with E-state index in [1.165, 1.54) is 0 Å². The number of guanidine groups is 2. The normalized spacial score (nSPS) is 11.1. The first-order chi connectivity index (χ1) is 10.5. The van der Waals surface area contributed by atoms with Crippen LogP contribution >= 0.6 is 0 Å².